The number of likely N-dealkylation sites (N-methyl/N-ethyl adjacent to an activating group) is 1. The van der Waals surface area contributed by atoms with E-state index in [1.807, 2.05) is 13.8 Å². The normalized spacial score (nSPS) is 21.6. The Morgan fingerprint density at radius 2 is 1.97 bits per heavy atom. The highest BCUT2D eigenvalue weighted by molar-refractivity contribution is 5.98. The standard InChI is InChI=1S/C25H32N4O5/c1-16-13-29(24(31)19-7-6-10-26-12-19)17(2)15-34-22-11-20(27-18(3)30)8-9-21(22)25(32)28(4)14-23(16)33-5/h6-12,16-17,23H,13-15H2,1-5H3,(H,27,30)/t16-,17+,23-/m0/s1. The van der Waals surface area contributed by atoms with Crippen molar-refractivity contribution in [2.75, 3.05) is 39.2 Å². The molecule has 0 unspecified atom stereocenters. The largest absolute Gasteiger partial charge is 0.491 e. The van der Waals surface area contributed by atoms with Crippen LogP contribution in [0.5, 0.6) is 5.75 Å². The molecule has 9 heteroatoms. The Morgan fingerprint density at radius 3 is 2.62 bits per heavy atom. The number of carbonyl (C=O) groups is 3. The van der Waals surface area contributed by atoms with Gasteiger partial charge in [0.05, 0.1) is 23.3 Å². The molecular formula is C25H32N4O5. The lowest BCUT2D eigenvalue weighted by Gasteiger charge is -2.36. The molecule has 0 aliphatic carbocycles. The first-order valence-electron chi connectivity index (χ1n) is 11.2. The van der Waals surface area contributed by atoms with Crippen molar-refractivity contribution in [2.24, 2.45) is 5.92 Å². The van der Waals surface area contributed by atoms with Crippen LogP contribution >= 0.6 is 0 Å². The number of methoxy groups -OCH3 is 1. The topological polar surface area (TPSA) is 101 Å². The lowest BCUT2D eigenvalue weighted by Crippen LogP contribution is -2.48. The zero-order valence-electron chi connectivity index (χ0n) is 20.3. The minimum Gasteiger partial charge on any atom is -0.491 e. The van der Waals surface area contributed by atoms with Crippen LogP contribution in [0.15, 0.2) is 42.7 Å². The number of rotatable bonds is 3. The molecule has 1 N–H and O–H groups in total. The zero-order chi connectivity index (χ0) is 24.8. The molecule has 3 atom stereocenters. The van der Waals surface area contributed by atoms with E-state index in [4.69, 9.17) is 9.47 Å². The highest BCUT2D eigenvalue weighted by Crippen LogP contribution is 2.27. The fraction of sp³-hybridized carbons (Fsp3) is 0.440. The maximum atomic E-state index is 13.4. The van der Waals surface area contributed by atoms with Gasteiger partial charge in [0.15, 0.2) is 0 Å². The lowest BCUT2D eigenvalue weighted by molar-refractivity contribution is -0.114. The second kappa shape index (κ2) is 11.1. The zero-order valence-corrected chi connectivity index (χ0v) is 20.3. The summed E-state index contributed by atoms with van der Waals surface area (Å²) in [5.74, 6) is -0.305. The number of carbonyl (C=O) groups excluding carboxylic acids is 3. The summed E-state index contributed by atoms with van der Waals surface area (Å²) in [6, 6.07) is 8.09. The second-order valence-electron chi connectivity index (χ2n) is 8.69. The number of nitrogens with one attached hydrogen (secondary N) is 1. The SMILES string of the molecule is CO[C@H]1CN(C)C(=O)c2ccc(NC(C)=O)cc2OC[C@@H](C)N(C(=O)c2cccnc2)C[C@@H]1C. The van der Waals surface area contributed by atoms with Crippen molar-refractivity contribution >= 4 is 23.4 Å². The average Bonchev–Trinajstić information content (AvgIpc) is 2.82. The van der Waals surface area contributed by atoms with Crippen molar-refractivity contribution in [1.82, 2.24) is 14.8 Å². The van der Waals surface area contributed by atoms with E-state index in [2.05, 4.69) is 10.3 Å². The van der Waals surface area contributed by atoms with Crippen molar-refractivity contribution < 1.29 is 23.9 Å². The number of hydrogen-bond donors (Lipinski definition) is 1. The minimum atomic E-state index is -0.308. The Kier molecular flexibility index (Phi) is 8.22. The summed E-state index contributed by atoms with van der Waals surface area (Å²) in [6.45, 7) is 6.23. The molecule has 3 amide bonds. The molecule has 182 valence electrons. The van der Waals surface area contributed by atoms with Crippen LogP contribution in [-0.4, -0.2) is 78.5 Å². The number of nitrogens with zero attached hydrogens (tertiary/aromatic N) is 3. The van der Waals surface area contributed by atoms with Crippen LogP contribution < -0.4 is 10.1 Å². The molecule has 2 heterocycles. The number of hydrogen-bond acceptors (Lipinski definition) is 6. The monoisotopic (exact) mass is 468 g/mol. The van der Waals surface area contributed by atoms with E-state index in [1.165, 1.54) is 6.92 Å². The molecule has 9 nitrogen and oxygen atoms in total. The van der Waals surface area contributed by atoms with Crippen molar-refractivity contribution in [1.29, 1.82) is 0 Å². The number of amides is 3. The van der Waals surface area contributed by atoms with Gasteiger partial charge in [-0.1, -0.05) is 6.92 Å². The number of anilines is 1. The molecule has 1 aromatic heterocycles. The van der Waals surface area contributed by atoms with Crippen molar-refractivity contribution in [3.8, 4) is 5.75 Å². The second-order valence-corrected chi connectivity index (χ2v) is 8.69. The fourth-order valence-corrected chi connectivity index (χ4v) is 3.99. The van der Waals surface area contributed by atoms with Gasteiger partial charge in [0.2, 0.25) is 5.91 Å². The third kappa shape index (κ3) is 5.91. The fourth-order valence-electron chi connectivity index (χ4n) is 3.99. The predicted molar refractivity (Wildman–Crippen MR) is 128 cm³/mol. The smallest absolute Gasteiger partial charge is 0.257 e. The Hall–Kier alpha value is -3.46. The van der Waals surface area contributed by atoms with Gasteiger partial charge in [-0.3, -0.25) is 19.4 Å². The van der Waals surface area contributed by atoms with Gasteiger partial charge in [-0.25, -0.2) is 0 Å². The first-order chi connectivity index (χ1) is 16.2. The van der Waals surface area contributed by atoms with Crippen molar-refractivity contribution in [3.63, 3.8) is 0 Å². The summed E-state index contributed by atoms with van der Waals surface area (Å²) >= 11 is 0. The van der Waals surface area contributed by atoms with Crippen molar-refractivity contribution in [2.45, 2.75) is 32.9 Å². The van der Waals surface area contributed by atoms with Gasteiger partial charge in [0.25, 0.3) is 11.8 Å². The van der Waals surface area contributed by atoms with Gasteiger partial charge in [-0.05, 0) is 31.2 Å². The molecule has 0 saturated carbocycles. The van der Waals surface area contributed by atoms with Crippen LogP contribution in [0.3, 0.4) is 0 Å². The van der Waals surface area contributed by atoms with E-state index in [9.17, 15) is 14.4 Å². The first kappa shape index (κ1) is 25.2. The van der Waals surface area contributed by atoms with Gasteiger partial charge < -0.3 is 24.6 Å². The number of ether oxygens (including phenoxy) is 2. The van der Waals surface area contributed by atoms with E-state index in [0.29, 0.717) is 35.7 Å². The molecule has 1 aromatic carbocycles. The van der Waals surface area contributed by atoms with Crippen LogP contribution in [0.2, 0.25) is 0 Å². The van der Waals surface area contributed by atoms with Crippen LogP contribution in [0.4, 0.5) is 5.69 Å². The number of pyridine rings is 1. The van der Waals surface area contributed by atoms with Crippen molar-refractivity contribution in [3.05, 3.63) is 53.9 Å². The van der Waals surface area contributed by atoms with E-state index in [1.54, 1.807) is 66.7 Å². The highest BCUT2D eigenvalue weighted by Gasteiger charge is 2.31. The van der Waals surface area contributed by atoms with Crippen LogP contribution in [-0.2, 0) is 9.53 Å². The highest BCUT2D eigenvalue weighted by atomic mass is 16.5. The van der Waals surface area contributed by atoms with E-state index in [-0.39, 0.29) is 42.4 Å². The van der Waals surface area contributed by atoms with Crippen LogP contribution in [0.25, 0.3) is 0 Å². The molecule has 0 radical (unpaired) electrons. The maximum Gasteiger partial charge on any atom is 0.257 e. The van der Waals surface area contributed by atoms with Crippen LogP contribution in [0, 0.1) is 5.92 Å². The molecular weight excluding hydrogens is 436 g/mol. The Morgan fingerprint density at radius 1 is 1.21 bits per heavy atom. The summed E-state index contributed by atoms with van der Waals surface area (Å²) in [5.41, 5.74) is 1.38. The molecule has 1 aliphatic heterocycles. The molecule has 0 bridgehead atoms. The van der Waals surface area contributed by atoms with Gasteiger partial charge in [-0.15, -0.1) is 0 Å². The first-order valence-corrected chi connectivity index (χ1v) is 11.2. The van der Waals surface area contributed by atoms with Gasteiger partial charge in [-0.2, -0.15) is 0 Å². The average molecular weight is 469 g/mol. The Bertz CT molecular complexity index is 1030. The van der Waals surface area contributed by atoms with Gasteiger partial charge in [0, 0.05) is 64.2 Å². The molecule has 1 aliphatic rings. The molecule has 34 heavy (non-hydrogen) atoms. The summed E-state index contributed by atoms with van der Waals surface area (Å²) < 4.78 is 11.8. The maximum absolute atomic E-state index is 13.4. The molecule has 0 spiro atoms. The molecule has 0 fully saturated rings. The third-order valence-corrected chi connectivity index (χ3v) is 5.94. The van der Waals surface area contributed by atoms with E-state index >= 15 is 0 Å². The minimum absolute atomic E-state index is 0.0515. The Labute approximate surface area is 200 Å². The van der Waals surface area contributed by atoms with E-state index < -0.39 is 0 Å². The molecule has 3 rings (SSSR count). The summed E-state index contributed by atoms with van der Waals surface area (Å²) in [7, 11) is 3.32. The van der Waals surface area contributed by atoms with E-state index in [0.717, 1.165) is 0 Å². The summed E-state index contributed by atoms with van der Waals surface area (Å²) in [4.78, 5) is 45.5. The van der Waals surface area contributed by atoms with Gasteiger partial charge >= 0.3 is 0 Å². The summed E-state index contributed by atoms with van der Waals surface area (Å²) in [5, 5.41) is 2.71. The summed E-state index contributed by atoms with van der Waals surface area (Å²) in [6.07, 6.45) is 2.89. The number of fused-ring (bicyclic) bond motifs is 1. The molecule has 0 saturated heterocycles. The quantitative estimate of drug-likeness (QED) is 0.743. The van der Waals surface area contributed by atoms with Crippen LogP contribution in [0.1, 0.15) is 41.5 Å². The number of aromatic nitrogens is 1. The van der Waals surface area contributed by atoms with Gasteiger partial charge in [0.1, 0.15) is 12.4 Å². The predicted octanol–water partition coefficient (Wildman–Crippen LogP) is 2.69. The number of benzene rings is 1. The Balaban J connectivity index is 2.00. The molecule has 2 aromatic rings. The third-order valence-electron chi connectivity index (χ3n) is 5.94. The lowest BCUT2D eigenvalue weighted by atomic mass is 10.0.